The van der Waals surface area contributed by atoms with Crippen LogP contribution in [0.2, 0.25) is 10.0 Å². The number of nitrogens with two attached hydrogens (primary N) is 1. The van der Waals surface area contributed by atoms with E-state index in [2.05, 4.69) is 11.1 Å². The lowest BCUT2D eigenvalue weighted by Gasteiger charge is -2.12. The lowest BCUT2D eigenvalue weighted by atomic mass is 10.1. The summed E-state index contributed by atoms with van der Waals surface area (Å²) < 4.78 is 19.3. The molecule has 0 saturated heterocycles. The molecule has 2 aromatic carbocycles. The number of ether oxygens (including phenoxy) is 1. The van der Waals surface area contributed by atoms with Crippen molar-refractivity contribution < 1.29 is 9.13 Å². The fourth-order valence-corrected chi connectivity index (χ4v) is 3.09. The molecule has 0 radical (unpaired) electrons. The van der Waals surface area contributed by atoms with E-state index in [1.54, 1.807) is 24.4 Å². The number of nitriles is 1. The number of benzene rings is 2. The third-order valence-electron chi connectivity index (χ3n) is 3.98. The molecular formula is C20H14Cl2FN3O. The van der Waals surface area contributed by atoms with Crippen LogP contribution in [0.3, 0.4) is 0 Å². The summed E-state index contributed by atoms with van der Waals surface area (Å²) in [6.45, 7) is 0.200. The lowest BCUT2D eigenvalue weighted by molar-refractivity contribution is 0.322. The summed E-state index contributed by atoms with van der Waals surface area (Å²) in [4.78, 5) is 4.15. The van der Waals surface area contributed by atoms with Crippen LogP contribution in [-0.4, -0.2) is 11.6 Å². The van der Waals surface area contributed by atoms with Gasteiger partial charge in [0.25, 0.3) is 0 Å². The second-order valence-corrected chi connectivity index (χ2v) is 6.50. The first kappa shape index (κ1) is 19.0. The highest BCUT2D eigenvalue weighted by Gasteiger charge is 2.12. The number of pyridine rings is 1. The van der Waals surface area contributed by atoms with E-state index in [0.29, 0.717) is 28.3 Å². The molecule has 0 atom stereocenters. The summed E-state index contributed by atoms with van der Waals surface area (Å²) in [5, 5.41) is 9.25. The topological polar surface area (TPSA) is 71.9 Å². The molecule has 27 heavy (non-hydrogen) atoms. The van der Waals surface area contributed by atoms with Gasteiger partial charge in [-0.05, 0) is 41.5 Å². The van der Waals surface area contributed by atoms with E-state index in [0.717, 1.165) is 11.1 Å². The van der Waals surface area contributed by atoms with Gasteiger partial charge in [-0.1, -0.05) is 35.3 Å². The van der Waals surface area contributed by atoms with Gasteiger partial charge < -0.3 is 10.5 Å². The van der Waals surface area contributed by atoms with Gasteiger partial charge in [0.15, 0.2) is 11.6 Å². The predicted octanol–water partition coefficient (Wildman–Crippen LogP) is 5.27. The van der Waals surface area contributed by atoms with Crippen molar-refractivity contribution in [1.82, 2.24) is 4.98 Å². The van der Waals surface area contributed by atoms with E-state index in [-0.39, 0.29) is 17.4 Å². The molecule has 4 nitrogen and oxygen atoms in total. The largest absolute Gasteiger partial charge is 0.489 e. The minimum absolute atomic E-state index is 0.0106. The molecular weight excluding hydrogens is 388 g/mol. The molecule has 0 bridgehead atoms. The highest BCUT2D eigenvalue weighted by atomic mass is 35.5. The van der Waals surface area contributed by atoms with E-state index < -0.39 is 5.82 Å². The van der Waals surface area contributed by atoms with Crippen molar-refractivity contribution in [3.63, 3.8) is 0 Å². The molecule has 136 valence electrons. The van der Waals surface area contributed by atoms with Crippen molar-refractivity contribution in [1.29, 1.82) is 5.26 Å². The van der Waals surface area contributed by atoms with Crippen molar-refractivity contribution in [2.45, 2.75) is 6.42 Å². The molecule has 7 heteroatoms. The first-order chi connectivity index (χ1) is 13.0. The smallest absolute Gasteiger partial charge is 0.166 e. The van der Waals surface area contributed by atoms with Crippen LogP contribution in [0.15, 0.2) is 48.7 Å². The molecule has 3 rings (SSSR count). The zero-order valence-corrected chi connectivity index (χ0v) is 15.6. The van der Waals surface area contributed by atoms with E-state index in [9.17, 15) is 4.39 Å². The number of halogens is 3. The molecule has 0 saturated carbocycles. The van der Waals surface area contributed by atoms with Gasteiger partial charge in [-0.15, -0.1) is 0 Å². The van der Waals surface area contributed by atoms with E-state index in [1.165, 1.54) is 12.1 Å². The Labute approximate surface area is 165 Å². The van der Waals surface area contributed by atoms with Crippen molar-refractivity contribution in [3.05, 3.63) is 75.7 Å². The first-order valence-electron chi connectivity index (χ1n) is 8.01. The number of rotatable bonds is 5. The number of hydrogen-bond acceptors (Lipinski definition) is 4. The fraction of sp³-hybridized carbons (Fsp3) is 0.100. The average molecular weight is 402 g/mol. The van der Waals surface area contributed by atoms with Crippen LogP contribution in [0.5, 0.6) is 5.75 Å². The van der Waals surface area contributed by atoms with Crippen LogP contribution in [-0.2, 0) is 6.42 Å². The minimum Gasteiger partial charge on any atom is -0.489 e. The fourth-order valence-electron chi connectivity index (χ4n) is 2.53. The Morgan fingerprint density at radius 3 is 2.56 bits per heavy atom. The monoisotopic (exact) mass is 401 g/mol. The molecule has 0 fully saturated rings. The number of anilines is 1. The van der Waals surface area contributed by atoms with Gasteiger partial charge in [-0.2, -0.15) is 5.26 Å². The molecule has 2 N–H and O–H groups in total. The zero-order valence-electron chi connectivity index (χ0n) is 14.0. The molecule has 0 aliphatic carbocycles. The maximum absolute atomic E-state index is 13.6. The van der Waals surface area contributed by atoms with Crippen LogP contribution in [0.4, 0.5) is 10.2 Å². The van der Waals surface area contributed by atoms with Crippen LogP contribution >= 0.6 is 23.2 Å². The third kappa shape index (κ3) is 4.30. The molecule has 0 aliphatic heterocycles. The number of nitrogens with zero attached hydrogens (tertiary/aromatic N) is 2. The molecule has 3 aromatic rings. The minimum atomic E-state index is -0.528. The average Bonchev–Trinajstić information content (AvgIpc) is 2.69. The highest BCUT2D eigenvalue weighted by Crippen LogP contribution is 2.30. The Balaban J connectivity index is 1.76. The second-order valence-electron chi connectivity index (χ2n) is 5.72. The van der Waals surface area contributed by atoms with Crippen molar-refractivity contribution >= 4 is 29.0 Å². The van der Waals surface area contributed by atoms with Gasteiger partial charge in [-0.3, -0.25) is 0 Å². The summed E-state index contributed by atoms with van der Waals surface area (Å²) in [5.74, 6) is 0.115. The van der Waals surface area contributed by atoms with E-state index in [4.69, 9.17) is 38.9 Å². The Bertz CT molecular complexity index is 1020. The predicted molar refractivity (Wildman–Crippen MR) is 104 cm³/mol. The molecule has 0 unspecified atom stereocenters. The first-order valence-corrected chi connectivity index (χ1v) is 8.76. The summed E-state index contributed by atoms with van der Waals surface area (Å²) in [7, 11) is 0. The number of nitrogen functional groups attached to an aromatic ring is 1. The third-order valence-corrected chi connectivity index (χ3v) is 4.74. The Hall–Kier alpha value is -2.81. The number of aromatic nitrogens is 1. The van der Waals surface area contributed by atoms with Gasteiger partial charge in [0.2, 0.25) is 0 Å². The molecule has 0 amide bonds. The summed E-state index contributed by atoms with van der Waals surface area (Å²) in [6.07, 6.45) is 1.94. The zero-order chi connectivity index (χ0) is 19.4. The Kier molecular flexibility index (Phi) is 5.80. The molecule has 0 spiro atoms. The van der Waals surface area contributed by atoms with E-state index >= 15 is 0 Å². The van der Waals surface area contributed by atoms with Gasteiger partial charge in [0.05, 0.1) is 23.3 Å². The normalized spacial score (nSPS) is 10.4. The van der Waals surface area contributed by atoms with Crippen molar-refractivity contribution in [2.75, 3.05) is 12.3 Å². The highest BCUT2D eigenvalue weighted by molar-refractivity contribution is 6.36. The van der Waals surface area contributed by atoms with Gasteiger partial charge in [0.1, 0.15) is 5.82 Å². The van der Waals surface area contributed by atoms with Crippen molar-refractivity contribution in [2.24, 2.45) is 0 Å². The van der Waals surface area contributed by atoms with Crippen LogP contribution in [0.25, 0.3) is 11.1 Å². The van der Waals surface area contributed by atoms with Crippen LogP contribution < -0.4 is 10.5 Å². The van der Waals surface area contributed by atoms with Gasteiger partial charge >= 0.3 is 0 Å². The van der Waals surface area contributed by atoms with Crippen molar-refractivity contribution in [3.8, 4) is 22.9 Å². The van der Waals surface area contributed by atoms with Crippen LogP contribution in [0.1, 0.15) is 11.1 Å². The Morgan fingerprint density at radius 1 is 1.11 bits per heavy atom. The molecule has 1 aromatic heterocycles. The maximum Gasteiger partial charge on any atom is 0.166 e. The van der Waals surface area contributed by atoms with E-state index in [1.807, 2.05) is 12.1 Å². The lowest BCUT2D eigenvalue weighted by Crippen LogP contribution is -2.06. The Morgan fingerprint density at radius 2 is 1.85 bits per heavy atom. The standard InChI is InChI=1S/C20H14Cl2FN3O/c21-16-5-6-17(23)19(22)15(16)7-8-27-18-9-14(11-26-20(18)25)13-3-1-12(10-24)2-4-13/h1-6,9,11H,7-8H2,(H2,25,26). The van der Waals surface area contributed by atoms with Gasteiger partial charge in [-0.25, -0.2) is 9.37 Å². The molecule has 1 heterocycles. The van der Waals surface area contributed by atoms with Gasteiger partial charge in [0, 0.05) is 23.2 Å². The summed E-state index contributed by atoms with van der Waals surface area (Å²) in [6, 6.07) is 13.6. The summed E-state index contributed by atoms with van der Waals surface area (Å²) in [5.41, 5.74) is 8.61. The summed E-state index contributed by atoms with van der Waals surface area (Å²) >= 11 is 12.0. The molecule has 0 aliphatic rings. The van der Waals surface area contributed by atoms with Crippen LogP contribution in [0, 0.1) is 17.1 Å². The second kappa shape index (κ2) is 8.26. The SMILES string of the molecule is N#Cc1ccc(-c2cnc(N)c(OCCc3c(Cl)ccc(F)c3Cl)c2)cc1. The maximum atomic E-state index is 13.6. The quantitative estimate of drug-likeness (QED) is 0.591. The number of hydrogen-bond donors (Lipinski definition) is 1.